The standard InChI is InChI=1S/C8H12BrN3O/c9-7-3-10-11-8(7)5-12-2-1-6(13)4-12/h3,6,13H,1-2,4-5H2,(H,10,11). The van der Waals surface area contributed by atoms with Crippen molar-refractivity contribution in [3.63, 3.8) is 0 Å². The Morgan fingerprint density at radius 3 is 3.15 bits per heavy atom. The molecule has 1 aromatic rings. The van der Waals surface area contributed by atoms with Crippen LogP contribution in [0.1, 0.15) is 12.1 Å². The summed E-state index contributed by atoms with van der Waals surface area (Å²) in [4.78, 5) is 2.21. The lowest BCUT2D eigenvalue weighted by atomic mass is 10.3. The number of halogens is 1. The van der Waals surface area contributed by atoms with Crippen LogP contribution in [0.25, 0.3) is 0 Å². The third-order valence-electron chi connectivity index (χ3n) is 2.29. The van der Waals surface area contributed by atoms with Gasteiger partial charge in [0.25, 0.3) is 0 Å². The molecule has 0 radical (unpaired) electrons. The fraction of sp³-hybridized carbons (Fsp3) is 0.625. The molecular weight excluding hydrogens is 234 g/mol. The van der Waals surface area contributed by atoms with Gasteiger partial charge in [0.05, 0.1) is 22.5 Å². The summed E-state index contributed by atoms with van der Waals surface area (Å²) in [5, 5.41) is 16.2. The number of aromatic amines is 1. The molecule has 2 heterocycles. The molecule has 1 fully saturated rings. The van der Waals surface area contributed by atoms with Crippen molar-refractivity contribution in [3.05, 3.63) is 16.4 Å². The summed E-state index contributed by atoms with van der Waals surface area (Å²) in [6, 6.07) is 0. The molecule has 1 saturated heterocycles. The maximum Gasteiger partial charge on any atom is 0.0679 e. The van der Waals surface area contributed by atoms with E-state index in [1.807, 2.05) is 0 Å². The number of nitrogens with zero attached hydrogens (tertiary/aromatic N) is 2. The number of H-pyrrole nitrogens is 1. The summed E-state index contributed by atoms with van der Waals surface area (Å²) in [6.45, 7) is 2.57. The lowest BCUT2D eigenvalue weighted by Crippen LogP contribution is -2.21. The molecule has 0 aromatic carbocycles. The first-order chi connectivity index (χ1) is 6.25. The number of nitrogens with one attached hydrogen (secondary N) is 1. The van der Waals surface area contributed by atoms with Crippen molar-refractivity contribution in [3.8, 4) is 0 Å². The van der Waals surface area contributed by atoms with Gasteiger partial charge in [-0.05, 0) is 22.4 Å². The monoisotopic (exact) mass is 245 g/mol. The number of aliphatic hydroxyl groups is 1. The molecule has 1 aliphatic rings. The number of aliphatic hydroxyl groups excluding tert-OH is 1. The van der Waals surface area contributed by atoms with Gasteiger partial charge in [0.15, 0.2) is 0 Å². The Hall–Kier alpha value is -0.390. The molecule has 72 valence electrons. The summed E-state index contributed by atoms with van der Waals surface area (Å²) in [5.74, 6) is 0. The molecule has 1 unspecified atom stereocenters. The van der Waals surface area contributed by atoms with E-state index >= 15 is 0 Å². The van der Waals surface area contributed by atoms with Gasteiger partial charge in [-0.25, -0.2) is 0 Å². The van der Waals surface area contributed by atoms with Crippen molar-refractivity contribution in [2.75, 3.05) is 13.1 Å². The molecule has 0 aliphatic carbocycles. The van der Waals surface area contributed by atoms with Crippen LogP contribution in [-0.4, -0.2) is 39.4 Å². The molecule has 2 rings (SSSR count). The zero-order chi connectivity index (χ0) is 9.26. The van der Waals surface area contributed by atoms with Crippen molar-refractivity contribution < 1.29 is 5.11 Å². The van der Waals surface area contributed by atoms with Crippen molar-refractivity contribution in [1.82, 2.24) is 15.1 Å². The zero-order valence-electron chi connectivity index (χ0n) is 7.20. The Morgan fingerprint density at radius 2 is 2.62 bits per heavy atom. The topological polar surface area (TPSA) is 52.1 Å². The highest BCUT2D eigenvalue weighted by atomic mass is 79.9. The third kappa shape index (κ3) is 2.10. The highest BCUT2D eigenvalue weighted by Gasteiger charge is 2.20. The third-order valence-corrected chi connectivity index (χ3v) is 2.98. The van der Waals surface area contributed by atoms with Gasteiger partial charge in [-0.15, -0.1) is 0 Å². The molecule has 0 amide bonds. The van der Waals surface area contributed by atoms with E-state index in [0.717, 1.165) is 36.2 Å². The van der Waals surface area contributed by atoms with Gasteiger partial charge in [-0.2, -0.15) is 5.10 Å². The summed E-state index contributed by atoms with van der Waals surface area (Å²) in [7, 11) is 0. The van der Waals surface area contributed by atoms with Crippen LogP contribution >= 0.6 is 15.9 Å². The molecular formula is C8H12BrN3O. The summed E-state index contributed by atoms with van der Waals surface area (Å²) in [6.07, 6.45) is 2.48. The second kappa shape index (κ2) is 3.77. The highest BCUT2D eigenvalue weighted by Crippen LogP contribution is 2.17. The van der Waals surface area contributed by atoms with Gasteiger partial charge in [-0.1, -0.05) is 0 Å². The highest BCUT2D eigenvalue weighted by molar-refractivity contribution is 9.10. The minimum absolute atomic E-state index is 0.151. The van der Waals surface area contributed by atoms with Crippen LogP contribution < -0.4 is 0 Å². The van der Waals surface area contributed by atoms with Crippen molar-refractivity contribution in [2.45, 2.75) is 19.1 Å². The second-order valence-electron chi connectivity index (χ2n) is 3.37. The van der Waals surface area contributed by atoms with Gasteiger partial charge in [-0.3, -0.25) is 10.00 Å². The number of hydrogen-bond donors (Lipinski definition) is 2. The van der Waals surface area contributed by atoms with Crippen LogP contribution in [0, 0.1) is 0 Å². The molecule has 2 N–H and O–H groups in total. The van der Waals surface area contributed by atoms with Crippen LogP contribution in [-0.2, 0) is 6.54 Å². The smallest absolute Gasteiger partial charge is 0.0679 e. The Morgan fingerprint density at radius 1 is 1.77 bits per heavy atom. The number of likely N-dealkylation sites (tertiary alicyclic amines) is 1. The Balaban J connectivity index is 1.95. The summed E-state index contributed by atoms with van der Waals surface area (Å²) >= 11 is 3.41. The van der Waals surface area contributed by atoms with Gasteiger partial charge >= 0.3 is 0 Å². The number of rotatable bonds is 2. The van der Waals surface area contributed by atoms with Gasteiger partial charge in [0.1, 0.15) is 0 Å². The molecule has 4 nitrogen and oxygen atoms in total. The SMILES string of the molecule is OC1CCN(Cc2[nH]ncc2Br)C1. The van der Waals surface area contributed by atoms with Gasteiger partial charge in [0, 0.05) is 19.6 Å². The second-order valence-corrected chi connectivity index (χ2v) is 4.23. The van der Waals surface area contributed by atoms with E-state index in [-0.39, 0.29) is 6.10 Å². The van der Waals surface area contributed by atoms with Crippen molar-refractivity contribution >= 4 is 15.9 Å². The van der Waals surface area contributed by atoms with Crippen LogP contribution in [0.2, 0.25) is 0 Å². The quantitative estimate of drug-likeness (QED) is 0.809. The largest absolute Gasteiger partial charge is 0.392 e. The van der Waals surface area contributed by atoms with Crippen LogP contribution in [0.4, 0.5) is 0 Å². The van der Waals surface area contributed by atoms with E-state index in [1.54, 1.807) is 6.20 Å². The molecule has 0 bridgehead atoms. The van der Waals surface area contributed by atoms with Gasteiger partial charge < -0.3 is 5.11 Å². The maximum atomic E-state index is 9.32. The van der Waals surface area contributed by atoms with Crippen LogP contribution in [0.15, 0.2) is 10.7 Å². The van der Waals surface area contributed by atoms with Crippen LogP contribution in [0.3, 0.4) is 0 Å². The van der Waals surface area contributed by atoms with Crippen molar-refractivity contribution in [2.24, 2.45) is 0 Å². The predicted octanol–water partition coefficient (Wildman–Crippen LogP) is 0.739. The lowest BCUT2D eigenvalue weighted by Gasteiger charge is -2.13. The fourth-order valence-corrected chi connectivity index (χ4v) is 1.90. The minimum atomic E-state index is -0.151. The molecule has 1 atom stereocenters. The molecule has 13 heavy (non-hydrogen) atoms. The first kappa shape index (κ1) is 9.18. The fourth-order valence-electron chi connectivity index (χ4n) is 1.59. The number of aromatic nitrogens is 2. The van der Waals surface area contributed by atoms with E-state index in [9.17, 15) is 5.11 Å². The maximum absolute atomic E-state index is 9.32. The van der Waals surface area contributed by atoms with Crippen molar-refractivity contribution in [1.29, 1.82) is 0 Å². The average Bonchev–Trinajstić information content (AvgIpc) is 2.64. The molecule has 1 aliphatic heterocycles. The normalized spacial score (nSPS) is 24.0. The van der Waals surface area contributed by atoms with E-state index in [1.165, 1.54) is 0 Å². The molecule has 5 heteroatoms. The zero-order valence-corrected chi connectivity index (χ0v) is 8.79. The first-order valence-corrected chi connectivity index (χ1v) is 5.13. The Labute approximate surface area is 85.1 Å². The van der Waals surface area contributed by atoms with Gasteiger partial charge in [0.2, 0.25) is 0 Å². The summed E-state index contributed by atoms with van der Waals surface area (Å²) < 4.78 is 1.01. The number of hydrogen-bond acceptors (Lipinski definition) is 3. The van der Waals surface area contributed by atoms with E-state index in [4.69, 9.17) is 0 Å². The van der Waals surface area contributed by atoms with E-state index < -0.39 is 0 Å². The lowest BCUT2D eigenvalue weighted by molar-refractivity contribution is 0.174. The summed E-state index contributed by atoms with van der Waals surface area (Å²) in [5.41, 5.74) is 1.08. The van der Waals surface area contributed by atoms with E-state index in [2.05, 4.69) is 31.0 Å². The number of β-amino-alcohol motifs (C(OH)–C–C–N with tert-alkyl or cyclic N) is 1. The minimum Gasteiger partial charge on any atom is -0.392 e. The first-order valence-electron chi connectivity index (χ1n) is 4.34. The predicted molar refractivity (Wildman–Crippen MR) is 52.2 cm³/mol. The average molecular weight is 246 g/mol. The molecule has 0 spiro atoms. The van der Waals surface area contributed by atoms with E-state index in [0.29, 0.717) is 0 Å². The van der Waals surface area contributed by atoms with Crippen LogP contribution in [0.5, 0.6) is 0 Å². The molecule has 1 aromatic heterocycles. The Kier molecular flexibility index (Phi) is 2.66. The Bertz CT molecular complexity index is 289. The molecule has 0 saturated carbocycles.